The summed E-state index contributed by atoms with van der Waals surface area (Å²) < 4.78 is 0. The molecule has 0 atom stereocenters. The SMILES string of the molecule is Nc1ncnc2ccc(-c3cccnc3-c3ccc4c(c3)CCC4=O)cc12. The molecule has 0 aliphatic heterocycles. The second-order valence-electron chi connectivity index (χ2n) is 6.69. The van der Waals surface area contributed by atoms with Crippen LogP contribution in [0.2, 0.25) is 0 Å². The van der Waals surface area contributed by atoms with Crippen LogP contribution in [0.15, 0.2) is 61.1 Å². The highest BCUT2D eigenvalue weighted by Gasteiger charge is 2.20. The second-order valence-corrected chi connectivity index (χ2v) is 6.69. The summed E-state index contributed by atoms with van der Waals surface area (Å²) in [6.07, 6.45) is 4.65. The predicted molar refractivity (Wildman–Crippen MR) is 105 cm³/mol. The van der Waals surface area contributed by atoms with Crippen molar-refractivity contribution >= 4 is 22.5 Å². The number of aryl methyl sites for hydroxylation is 1. The number of fused-ring (bicyclic) bond motifs is 2. The molecule has 1 aliphatic rings. The Morgan fingerprint density at radius 2 is 1.74 bits per heavy atom. The van der Waals surface area contributed by atoms with E-state index in [0.717, 1.165) is 50.8 Å². The summed E-state index contributed by atoms with van der Waals surface area (Å²) in [6.45, 7) is 0. The third-order valence-corrected chi connectivity index (χ3v) is 5.09. The summed E-state index contributed by atoms with van der Waals surface area (Å²) in [5.41, 5.74) is 12.7. The van der Waals surface area contributed by atoms with Gasteiger partial charge in [-0.2, -0.15) is 0 Å². The molecule has 1 aliphatic carbocycles. The first-order valence-electron chi connectivity index (χ1n) is 8.83. The molecule has 0 amide bonds. The number of Topliss-reactive ketones (excluding diaryl/α,β-unsaturated/α-hetero) is 1. The average Bonchev–Trinajstić information content (AvgIpc) is 3.08. The van der Waals surface area contributed by atoms with Crippen LogP contribution in [0.5, 0.6) is 0 Å². The highest BCUT2D eigenvalue weighted by atomic mass is 16.1. The van der Waals surface area contributed by atoms with E-state index in [9.17, 15) is 4.79 Å². The van der Waals surface area contributed by atoms with E-state index in [1.54, 1.807) is 6.20 Å². The van der Waals surface area contributed by atoms with Crippen LogP contribution in [0, 0.1) is 0 Å². The van der Waals surface area contributed by atoms with E-state index in [-0.39, 0.29) is 5.78 Å². The predicted octanol–water partition coefficient (Wildman–Crippen LogP) is 4.07. The zero-order valence-corrected chi connectivity index (χ0v) is 14.5. The number of rotatable bonds is 2. The first-order valence-corrected chi connectivity index (χ1v) is 8.83. The number of anilines is 1. The number of aromatic nitrogens is 3. The standard InChI is InChI=1S/C22H16N4O/c23-22-18-11-14(4-7-19(18)25-12-26-22)17-2-1-9-24-21(17)15-3-6-16-13(10-15)5-8-20(16)27/h1-4,6-7,9-12H,5,8H2,(H2,23,25,26). The van der Waals surface area contributed by atoms with Gasteiger partial charge in [0.15, 0.2) is 5.78 Å². The van der Waals surface area contributed by atoms with E-state index in [1.165, 1.54) is 6.33 Å². The number of nitrogen functional groups attached to an aromatic ring is 1. The Balaban J connectivity index is 1.68. The molecule has 2 heterocycles. The molecular formula is C22H16N4O. The summed E-state index contributed by atoms with van der Waals surface area (Å²) in [5.74, 6) is 0.686. The lowest BCUT2D eigenvalue weighted by Gasteiger charge is -2.11. The normalized spacial score (nSPS) is 13.1. The van der Waals surface area contributed by atoms with Gasteiger partial charge in [-0.15, -0.1) is 0 Å². The van der Waals surface area contributed by atoms with Gasteiger partial charge in [-0.1, -0.05) is 24.3 Å². The average molecular weight is 352 g/mol. The summed E-state index contributed by atoms with van der Waals surface area (Å²) in [7, 11) is 0. The molecule has 5 nitrogen and oxygen atoms in total. The van der Waals surface area contributed by atoms with E-state index in [0.29, 0.717) is 12.2 Å². The number of carbonyl (C=O) groups excluding carboxylic acids is 1. The van der Waals surface area contributed by atoms with Crippen molar-refractivity contribution in [2.45, 2.75) is 12.8 Å². The van der Waals surface area contributed by atoms with Crippen LogP contribution in [0.4, 0.5) is 5.82 Å². The largest absolute Gasteiger partial charge is 0.383 e. The quantitative estimate of drug-likeness (QED) is 0.588. The third-order valence-electron chi connectivity index (χ3n) is 5.09. The zero-order chi connectivity index (χ0) is 18.4. The number of nitrogens with zero attached hydrogens (tertiary/aromatic N) is 3. The molecule has 0 saturated carbocycles. The Bertz CT molecular complexity index is 1220. The lowest BCUT2D eigenvalue weighted by Crippen LogP contribution is -1.95. The van der Waals surface area contributed by atoms with Crippen molar-refractivity contribution in [3.8, 4) is 22.4 Å². The molecule has 5 rings (SSSR count). The number of carbonyl (C=O) groups is 1. The van der Waals surface area contributed by atoms with Gasteiger partial charge in [-0.05, 0) is 41.8 Å². The fourth-order valence-electron chi connectivity index (χ4n) is 3.72. The molecule has 130 valence electrons. The molecule has 0 radical (unpaired) electrons. The Morgan fingerprint density at radius 3 is 2.67 bits per heavy atom. The van der Waals surface area contributed by atoms with Crippen LogP contribution in [-0.4, -0.2) is 20.7 Å². The summed E-state index contributed by atoms with van der Waals surface area (Å²) >= 11 is 0. The highest BCUT2D eigenvalue weighted by Crippen LogP contribution is 2.34. The van der Waals surface area contributed by atoms with Gasteiger partial charge in [0, 0.05) is 34.7 Å². The Hall–Kier alpha value is -3.60. The van der Waals surface area contributed by atoms with Gasteiger partial charge in [0.2, 0.25) is 0 Å². The molecule has 0 unspecified atom stereocenters. The Labute approximate surface area is 155 Å². The van der Waals surface area contributed by atoms with Gasteiger partial charge in [0.05, 0.1) is 11.2 Å². The molecule has 0 spiro atoms. The maximum absolute atomic E-state index is 11.9. The van der Waals surface area contributed by atoms with E-state index < -0.39 is 0 Å². The van der Waals surface area contributed by atoms with Gasteiger partial charge in [-0.3, -0.25) is 9.78 Å². The Morgan fingerprint density at radius 1 is 0.852 bits per heavy atom. The number of ketones is 1. The fraction of sp³-hybridized carbons (Fsp3) is 0.0909. The van der Waals surface area contributed by atoms with Crippen LogP contribution >= 0.6 is 0 Å². The second kappa shape index (κ2) is 5.99. The lowest BCUT2D eigenvalue weighted by molar-refractivity contribution is 0.0994. The monoisotopic (exact) mass is 352 g/mol. The molecule has 4 aromatic rings. The van der Waals surface area contributed by atoms with Crippen LogP contribution in [0.3, 0.4) is 0 Å². The van der Waals surface area contributed by atoms with E-state index in [2.05, 4.69) is 21.0 Å². The van der Waals surface area contributed by atoms with Gasteiger partial charge < -0.3 is 5.73 Å². The fourth-order valence-corrected chi connectivity index (χ4v) is 3.72. The number of hydrogen-bond donors (Lipinski definition) is 1. The van der Waals surface area contributed by atoms with Crippen molar-refractivity contribution in [1.82, 2.24) is 15.0 Å². The number of hydrogen-bond acceptors (Lipinski definition) is 5. The van der Waals surface area contributed by atoms with E-state index >= 15 is 0 Å². The topological polar surface area (TPSA) is 81.8 Å². The molecule has 2 aromatic heterocycles. The summed E-state index contributed by atoms with van der Waals surface area (Å²) in [6, 6.07) is 15.9. The molecule has 2 aromatic carbocycles. The molecule has 2 N–H and O–H groups in total. The van der Waals surface area contributed by atoms with Crippen molar-refractivity contribution in [3.63, 3.8) is 0 Å². The summed E-state index contributed by atoms with van der Waals surface area (Å²) in [4.78, 5) is 24.9. The van der Waals surface area contributed by atoms with Gasteiger partial charge in [-0.25, -0.2) is 9.97 Å². The van der Waals surface area contributed by atoms with Crippen LogP contribution in [0.1, 0.15) is 22.3 Å². The van der Waals surface area contributed by atoms with Gasteiger partial charge >= 0.3 is 0 Å². The van der Waals surface area contributed by atoms with Crippen LogP contribution in [0.25, 0.3) is 33.3 Å². The van der Waals surface area contributed by atoms with E-state index in [1.807, 2.05) is 42.5 Å². The van der Waals surface area contributed by atoms with Crippen LogP contribution < -0.4 is 5.73 Å². The number of benzene rings is 2. The molecule has 27 heavy (non-hydrogen) atoms. The van der Waals surface area contributed by atoms with Gasteiger partial charge in [0.1, 0.15) is 12.1 Å². The Kier molecular flexibility index (Phi) is 3.47. The van der Waals surface area contributed by atoms with Gasteiger partial charge in [0.25, 0.3) is 0 Å². The lowest BCUT2D eigenvalue weighted by atomic mass is 9.96. The summed E-state index contributed by atoms with van der Waals surface area (Å²) in [5, 5.41) is 0.823. The molecule has 0 bridgehead atoms. The van der Waals surface area contributed by atoms with Crippen molar-refractivity contribution in [3.05, 3.63) is 72.2 Å². The molecule has 0 fully saturated rings. The number of nitrogens with two attached hydrogens (primary N) is 1. The zero-order valence-electron chi connectivity index (χ0n) is 14.5. The highest BCUT2D eigenvalue weighted by molar-refractivity contribution is 6.01. The van der Waals surface area contributed by atoms with Crippen molar-refractivity contribution < 1.29 is 4.79 Å². The maximum atomic E-state index is 11.9. The molecule has 5 heteroatoms. The van der Waals surface area contributed by atoms with Crippen molar-refractivity contribution in [1.29, 1.82) is 0 Å². The van der Waals surface area contributed by atoms with Crippen LogP contribution in [-0.2, 0) is 6.42 Å². The third kappa shape index (κ3) is 2.56. The number of pyridine rings is 1. The van der Waals surface area contributed by atoms with Crippen molar-refractivity contribution in [2.24, 2.45) is 0 Å². The molecule has 0 saturated heterocycles. The van der Waals surface area contributed by atoms with Crippen molar-refractivity contribution in [2.75, 3.05) is 5.73 Å². The minimum absolute atomic E-state index is 0.225. The molecular weight excluding hydrogens is 336 g/mol. The maximum Gasteiger partial charge on any atom is 0.163 e. The first kappa shape index (κ1) is 15.6. The minimum Gasteiger partial charge on any atom is -0.383 e. The van der Waals surface area contributed by atoms with E-state index in [4.69, 9.17) is 5.73 Å². The smallest absolute Gasteiger partial charge is 0.163 e. The minimum atomic E-state index is 0.225. The first-order chi connectivity index (χ1) is 13.2.